The van der Waals surface area contributed by atoms with Gasteiger partial charge in [-0.1, -0.05) is 12.1 Å². The Hall–Kier alpha value is -1.68. The Morgan fingerprint density at radius 2 is 2.47 bits per heavy atom. The zero-order chi connectivity index (χ0) is 10.8. The first-order valence-corrected chi connectivity index (χ1v) is 4.80. The van der Waals surface area contributed by atoms with E-state index in [2.05, 4.69) is 4.98 Å². The Labute approximate surface area is 87.4 Å². The van der Waals surface area contributed by atoms with Crippen LogP contribution in [0.1, 0.15) is 17.7 Å². The van der Waals surface area contributed by atoms with E-state index in [1.54, 1.807) is 6.20 Å². The average molecular weight is 204 g/mol. The Bertz CT molecular complexity index is 426. The van der Waals surface area contributed by atoms with Crippen LogP contribution in [0.3, 0.4) is 0 Å². The molecular formula is C11H12N2O2. The zero-order valence-electron chi connectivity index (χ0n) is 8.18. The summed E-state index contributed by atoms with van der Waals surface area (Å²) in [4.78, 5) is 14.9. The maximum atomic E-state index is 10.6. The quantitative estimate of drug-likeness (QED) is 0.764. The normalized spacial score (nSPS) is 15.7. The lowest BCUT2D eigenvalue weighted by Gasteiger charge is -2.08. The highest BCUT2D eigenvalue weighted by Crippen LogP contribution is 2.28. The molecule has 0 fully saturated rings. The molecule has 0 aliphatic heterocycles. The van der Waals surface area contributed by atoms with E-state index in [0.717, 1.165) is 23.3 Å². The number of rotatable bonds is 3. The molecule has 0 aromatic carbocycles. The van der Waals surface area contributed by atoms with Crippen molar-refractivity contribution in [1.29, 1.82) is 0 Å². The molecule has 1 aliphatic carbocycles. The molecule has 1 aromatic rings. The standard InChI is InChI=1S/C11H12N2O2/c12-9(11(14)15)6-7-3-4-10-8(7)2-1-5-13-10/h1-3,5,9H,4,6,12H2,(H,14,15)/t9-/m0/s1. The molecule has 2 rings (SSSR count). The fraction of sp³-hybridized carbons (Fsp3) is 0.273. The number of aliphatic carboxylic acids is 1. The Morgan fingerprint density at radius 3 is 3.20 bits per heavy atom. The number of carbonyl (C=O) groups is 1. The van der Waals surface area contributed by atoms with Gasteiger partial charge in [0.05, 0.1) is 5.69 Å². The fourth-order valence-electron chi connectivity index (χ4n) is 1.74. The molecule has 1 atom stereocenters. The summed E-state index contributed by atoms with van der Waals surface area (Å²) < 4.78 is 0. The topological polar surface area (TPSA) is 76.2 Å². The van der Waals surface area contributed by atoms with Crippen molar-refractivity contribution in [3.05, 3.63) is 35.7 Å². The molecule has 78 valence electrons. The smallest absolute Gasteiger partial charge is 0.320 e. The lowest BCUT2D eigenvalue weighted by atomic mass is 10.0. The molecule has 0 amide bonds. The number of carboxylic acids is 1. The van der Waals surface area contributed by atoms with Gasteiger partial charge in [0.1, 0.15) is 6.04 Å². The molecule has 4 heteroatoms. The number of hydrogen-bond acceptors (Lipinski definition) is 3. The minimum atomic E-state index is -0.965. The number of fused-ring (bicyclic) bond motifs is 1. The maximum Gasteiger partial charge on any atom is 0.320 e. The summed E-state index contributed by atoms with van der Waals surface area (Å²) in [6.45, 7) is 0. The van der Waals surface area contributed by atoms with Crippen LogP contribution < -0.4 is 5.73 Å². The molecule has 1 aliphatic rings. The van der Waals surface area contributed by atoms with E-state index in [-0.39, 0.29) is 0 Å². The van der Waals surface area contributed by atoms with Gasteiger partial charge in [0, 0.05) is 12.6 Å². The summed E-state index contributed by atoms with van der Waals surface area (Å²) in [6, 6.07) is 2.97. The molecule has 3 N–H and O–H groups in total. The predicted molar refractivity (Wildman–Crippen MR) is 56.1 cm³/mol. The first kappa shape index (κ1) is 9.86. The van der Waals surface area contributed by atoms with Crippen molar-refractivity contribution in [3.63, 3.8) is 0 Å². The lowest BCUT2D eigenvalue weighted by molar-refractivity contribution is -0.138. The Kier molecular flexibility index (Phi) is 2.51. The number of aromatic nitrogens is 1. The highest BCUT2D eigenvalue weighted by Gasteiger charge is 2.19. The second kappa shape index (κ2) is 3.82. The minimum absolute atomic E-state index is 0.369. The van der Waals surface area contributed by atoms with Crippen LogP contribution in [0.25, 0.3) is 5.57 Å². The van der Waals surface area contributed by atoms with Gasteiger partial charge in [0.15, 0.2) is 0 Å². The van der Waals surface area contributed by atoms with Crippen molar-refractivity contribution in [2.24, 2.45) is 5.73 Å². The van der Waals surface area contributed by atoms with Gasteiger partial charge in [0.2, 0.25) is 0 Å². The van der Waals surface area contributed by atoms with Crippen LogP contribution in [-0.2, 0) is 11.2 Å². The third-order valence-electron chi connectivity index (χ3n) is 2.54. The fourth-order valence-corrected chi connectivity index (χ4v) is 1.74. The Balaban J connectivity index is 2.17. The minimum Gasteiger partial charge on any atom is -0.480 e. The van der Waals surface area contributed by atoms with Crippen LogP contribution in [0.4, 0.5) is 0 Å². The molecule has 0 spiro atoms. The van der Waals surface area contributed by atoms with Crippen LogP contribution in [0, 0.1) is 0 Å². The summed E-state index contributed by atoms with van der Waals surface area (Å²) in [6.07, 6.45) is 4.89. The number of pyridine rings is 1. The summed E-state index contributed by atoms with van der Waals surface area (Å²) in [5.74, 6) is -0.965. The van der Waals surface area contributed by atoms with Gasteiger partial charge < -0.3 is 10.8 Å². The van der Waals surface area contributed by atoms with Gasteiger partial charge >= 0.3 is 5.97 Å². The van der Waals surface area contributed by atoms with Gasteiger partial charge in [-0.3, -0.25) is 9.78 Å². The van der Waals surface area contributed by atoms with E-state index in [1.165, 1.54) is 0 Å². The van der Waals surface area contributed by atoms with Crippen molar-refractivity contribution in [2.45, 2.75) is 18.9 Å². The van der Waals surface area contributed by atoms with Crippen LogP contribution in [0.2, 0.25) is 0 Å². The van der Waals surface area contributed by atoms with Crippen molar-refractivity contribution >= 4 is 11.5 Å². The molecule has 4 nitrogen and oxygen atoms in total. The number of carboxylic acid groups (broad SMARTS) is 1. The number of allylic oxidation sites excluding steroid dienone is 1. The van der Waals surface area contributed by atoms with Crippen LogP contribution in [0.5, 0.6) is 0 Å². The second-order valence-corrected chi connectivity index (χ2v) is 3.58. The van der Waals surface area contributed by atoms with E-state index in [0.29, 0.717) is 6.42 Å². The molecule has 1 aromatic heterocycles. The maximum absolute atomic E-state index is 10.6. The van der Waals surface area contributed by atoms with Crippen molar-refractivity contribution in [2.75, 3.05) is 0 Å². The second-order valence-electron chi connectivity index (χ2n) is 3.58. The largest absolute Gasteiger partial charge is 0.480 e. The van der Waals surface area contributed by atoms with Crippen molar-refractivity contribution < 1.29 is 9.90 Å². The van der Waals surface area contributed by atoms with E-state index in [9.17, 15) is 4.79 Å². The van der Waals surface area contributed by atoms with Crippen LogP contribution in [-0.4, -0.2) is 22.1 Å². The Morgan fingerprint density at radius 1 is 1.67 bits per heavy atom. The van der Waals surface area contributed by atoms with Crippen LogP contribution >= 0.6 is 0 Å². The van der Waals surface area contributed by atoms with Gasteiger partial charge in [-0.15, -0.1) is 0 Å². The SMILES string of the molecule is N[C@@H](CC1=CCc2ncccc21)C(=O)O. The molecule has 0 radical (unpaired) electrons. The molecule has 0 bridgehead atoms. The predicted octanol–water partition coefficient (Wildman–Crippen LogP) is 0.823. The summed E-state index contributed by atoms with van der Waals surface area (Å²) in [5.41, 5.74) is 8.53. The van der Waals surface area contributed by atoms with Gasteiger partial charge in [-0.05, 0) is 23.6 Å². The number of hydrogen-bond donors (Lipinski definition) is 2. The third-order valence-corrected chi connectivity index (χ3v) is 2.54. The average Bonchev–Trinajstić information content (AvgIpc) is 2.62. The monoisotopic (exact) mass is 204 g/mol. The van der Waals surface area contributed by atoms with E-state index < -0.39 is 12.0 Å². The van der Waals surface area contributed by atoms with Gasteiger partial charge in [0.25, 0.3) is 0 Å². The molecular weight excluding hydrogens is 192 g/mol. The lowest BCUT2D eigenvalue weighted by Crippen LogP contribution is -2.30. The van der Waals surface area contributed by atoms with Crippen molar-refractivity contribution in [1.82, 2.24) is 4.98 Å². The molecule has 0 saturated carbocycles. The highest BCUT2D eigenvalue weighted by atomic mass is 16.4. The first-order chi connectivity index (χ1) is 7.18. The molecule has 0 saturated heterocycles. The summed E-state index contributed by atoms with van der Waals surface area (Å²) in [7, 11) is 0. The number of nitrogens with zero attached hydrogens (tertiary/aromatic N) is 1. The van der Waals surface area contributed by atoms with Crippen molar-refractivity contribution in [3.8, 4) is 0 Å². The zero-order valence-corrected chi connectivity index (χ0v) is 8.18. The van der Waals surface area contributed by atoms with E-state index in [1.807, 2.05) is 18.2 Å². The van der Waals surface area contributed by atoms with Gasteiger partial charge in [-0.2, -0.15) is 0 Å². The molecule has 1 heterocycles. The van der Waals surface area contributed by atoms with E-state index in [4.69, 9.17) is 10.8 Å². The molecule has 15 heavy (non-hydrogen) atoms. The third kappa shape index (κ3) is 1.89. The number of nitrogens with two attached hydrogens (primary N) is 1. The van der Waals surface area contributed by atoms with E-state index >= 15 is 0 Å². The van der Waals surface area contributed by atoms with Gasteiger partial charge in [-0.25, -0.2) is 0 Å². The first-order valence-electron chi connectivity index (χ1n) is 4.80. The summed E-state index contributed by atoms with van der Waals surface area (Å²) in [5, 5.41) is 8.72. The highest BCUT2D eigenvalue weighted by molar-refractivity contribution is 5.79. The molecule has 0 unspecified atom stereocenters. The van der Waals surface area contributed by atoms with Crippen LogP contribution in [0.15, 0.2) is 24.4 Å². The summed E-state index contributed by atoms with van der Waals surface area (Å²) >= 11 is 0.